The number of nitriles is 1. The van der Waals surface area contributed by atoms with E-state index in [2.05, 4.69) is 15.3 Å². The molecule has 2 heterocycles. The third-order valence-electron chi connectivity index (χ3n) is 5.79. The van der Waals surface area contributed by atoms with Gasteiger partial charge in [-0.1, -0.05) is 18.7 Å². The summed E-state index contributed by atoms with van der Waals surface area (Å²) in [6.07, 6.45) is 1.24. The third-order valence-corrected chi connectivity index (χ3v) is 7.12. The summed E-state index contributed by atoms with van der Waals surface area (Å²) in [7, 11) is 0. The average molecular weight is 445 g/mol. The Morgan fingerprint density at radius 1 is 1.39 bits per heavy atom. The van der Waals surface area contributed by atoms with E-state index in [1.165, 1.54) is 30.1 Å². The summed E-state index contributed by atoms with van der Waals surface area (Å²) in [6, 6.07) is 5.43. The molecule has 1 aliphatic heterocycles. The highest BCUT2D eigenvalue weighted by molar-refractivity contribution is 8.14. The minimum Gasteiger partial charge on any atom is -0.379 e. The number of fused-ring (bicyclic) bond motifs is 1. The monoisotopic (exact) mass is 445 g/mol. The molecule has 0 unspecified atom stereocenters. The Labute approximate surface area is 180 Å². The molecule has 0 radical (unpaired) electrons. The molecule has 1 fully saturated rings. The summed E-state index contributed by atoms with van der Waals surface area (Å²) in [5.41, 5.74) is 4.62. The summed E-state index contributed by atoms with van der Waals surface area (Å²) >= 11 is 1.31. The predicted octanol–water partition coefficient (Wildman–Crippen LogP) is 3.65. The summed E-state index contributed by atoms with van der Waals surface area (Å²) in [4.78, 5) is 20.8. The van der Waals surface area contributed by atoms with Crippen LogP contribution < -0.4 is 11.1 Å². The summed E-state index contributed by atoms with van der Waals surface area (Å²) in [5.74, 6) is -3.44. The molecule has 4 rings (SSSR count). The molecule has 6 nitrogen and oxygen atoms in total. The number of alkyl halides is 1. The fraction of sp³-hybridized carbons (Fsp3) is 0.333. The summed E-state index contributed by atoms with van der Waals surface area (Å²) < 4.78 is 43.7. The number of halogens is 3. The highest BCUT2D eigenvalue weighted by Gasteiger charge is 2.63. The van der Waals surface area contributed by atoms with Crippen molar-refractivity contribution in [3.8, 4) is 6.07 Å². The van der Waals surface area contributed by atoms with Crippen molar-refractivity contribution < 1.29 is 18.0 Å². The molecule has 1 amide bonds. The van der Waals surface area contributed by atoms with E-state index in [1.54, 1.807) is 6.92 Å². The molecule has 2 aromatic rings. The van der Waals surface area contributed by atoms with Crippen LogP contribution in [0, 0.1) is 41.7 Å². The van der Waals surface area contributed by atoms with Crippen LogP contribution in [0.3, 0.4) is 0 Å². The number of aryl methyl sites for hydroxylation is 1. The van der Waals surface area contributed by atoms with Gasteiger partial charge in [-0.3, -0.25) is 4.79 Å². The lowest BCUT2D eigenvalue weighted by atomic mass is 9.84. The molecule has 4 atom stereocenters. The van der Waals surface area contributed by atoms with Crippen LogP contribution >= 0.6 is 11.8 Å². The second kappa shape index (κ2) is 7.57. The normalized spacial score (nSPS) is 26.5. The van der Waals surface area contributed by atoms with Crippen molar-refractivity contribution in [2.75, 3.05) is 12.0 Å². The number of amides is 1. The van der Waals surface area contributed by atoms with Crippen molar-refractivity contribution in [2.24, 2.45) is 22.6 Å². The van der Waals surface area contributed by atoms with Gasteiger partial charge in [-0.05, 0) is 30.5 Å². The molecule has 2 aliphatic rings. The maximum Gasteiger partial charge on any atom is 0.274 e. The first kappa shape index (κ1) is 21.2. The molecule has 0 saturated heterocycles. The maximum absolute atomic E-state index is 14.8. The van der Waals surface area contributed by atoms with Crippen LogP contribution in [0.5, 0.6) is 0 Å². The number of pyridine rings is 1. The largest absolute Gasteiger partial charge is 0.379 e. The van der Waals surface area contributed by atoms with E-state index >= 15 is 0 Å². The van der Waals surface area contributed by atoms with Crippen LogP contribution in [-0.4, -0.2) is 28.0 Å². The number of anilines is 1. The van der Waals surface area contributed by atoms with Crippen molar-refractivity contribution in [1.29, 1.82) is 5.26 Å². The first-order valence-corrected chi connectivity index (χ1v) is 10.4. The number of carbonyl (C=O) groups excluding carboxylic acids is 1. The number of rotatable bonds is 4. The van der Waals surface area contributed by atoms with Gasteiger partial charge in [0.15, 0.2) is 16.8 Å². The first-order valence-electron chi connectivity index (χ1n) is 9.47. The number of hydrogen-bond acceptors (Lipinski definition) is 6. The Kier molecular flexibility index (Phi) is 5.17. The first-order chi connectivity index (χ1) is 14.7. The van der Waals surface area contributed by atoms with Crippen molar-refractivity contribution in [3.63, 3.8) is 0 Å². The number of thioether (sulfide) groups is 1. The number of hydrogen-bond donors (Lipinski definition) is 2. The summed E-state index contributed by atoms with van der Waals surface area (Å²) in [5, 5.41) is 11.5. The fourth-order valence-electron chi connectivity index (χ4n) is 4.22. The maximum atomic E-state index is 14.8. The average Bonchev–Trinajstić information content (AvgIpc) is 3.39. The number of amidine groups is 1. The molecule has 1 aromatic heterocycles. The van der Waals surface area contributed by atoms with Gasteiger partial charge in [0.1, 0.15) is 24.0 Å². The van der Waals surface area contributed by atoms with Crippen LogP contribution in [0.25, 0.3) is 0 Å². The molecule has 10 heteroatoms. The van der Waals surface area contributed by atoms with Crippen LogP contribution in [-0.2, 0) is 5.54 Å². The minimum absolute atomic E-state index is 0.0248. The number of benzene rings is 1. The predicted molar refractivity (Wildman–Crippen MR) is 111 cm³/mol. The molecule has 3 N–H and O–H groups in total. The van der Waals surface area contributed by atoms with E-state index < -0.39 is 29.8 Å². The van der Waals surface area contributed by atoms with Gasteiger partial charge < -0.3 is 11.1 Å². The van der Waals surface area contributed by atoms with Gasteiger partial charge in [-0.15, -0.1) is 0 Å². The Bertz CT molecular complexity index is 1160. The van der Waals surface area contributed by atoms with Crippen LogP contribution in [0.15, 0.2) is 29.4 Å². The number of nitrogens with two attached hydrogens (primary N) is 1. The van der Waals surface area contributed by atoms with Crippen LogP contribution in [0.2, 0.25) is 0 Å². The zero-order valence-electron chi connectivity index (χ0n) is 16.6. The topological polar surface area (TPSA) is 104 Å². The van der Waals surface area contributed by atoms with E-state index in [1.807, 2.05) is 13.0 Å². The van der Waals surface area contributed by atoms with Gasteiger partial charge in [0.05, 0.1) is 5.56 Å². The lowest BCUT2D eigenvalue weighted by Crippen LogP contribution is -2.37. The second-order valence-electron chi connectivity index (χ2n) is 7.75. The minimum atomic E-state index is -1.65. The highest BCUT2D eigenvalue weighted by atomic mass is 32.2. The van der Waals surface area contributed by atoms with Crippen molar-refractivity contribution >= 4 is 28.5 Å². The Balaban J connectivity index is 1.73. The lowest BCUT2D eigenvalue weighted by molar-refractivity contribution is 0.102. The van der Waals surface area contributed by atoms with E-state index in [0.717, 1.165) is 6.07 Å². The van der Waals surface area contributed by atoms with E-state index in [0.29, 0.717) is 5.56 Å². The Morgan fingerprint density at radius 2 is 2.13 bits per heavy atom. The molecular weight excluding hydrogens is 427 g/mol. The van der Waals surface area contributed by atoms with Gasteiger partial charge in [-0.2, -0.15) is 5.26 Å². The standard InChI is InChI=1S/C21H18F3N5OS/c1-9-3-11(6-25)7-27-17(9)19(30)28-12-4-13(16(24)14(23)5-12)21(8-22)15-10(2)18(15)31-20(26)29-21/h3-5,7,10,15,18H,8H2,1-2H3,(H2,26,29)(H,28,30)/t10-,15+,18-,21+/m0/s1. The van der Waals surface area contributed by atoms with Gasteiger partial charge in [0, 0.05) is 34.7 Å². The zero-order chi connectivity index (χ0) is 22.5. The molecule has 0 spiro atoms. The van der Waals surface area contributed by atoms with Crippen molar-refractivity contribution in [3.05, 3.63) is 58.4 Å². The number of nitrogens with zero attached hydrogens (tertiary/aromatic N) is 3. The third kappa shape index (κ3) is 3.43. The van der Waals surface area contributed by atoms with Gasteiger partial charge >= 0.3 is 0 Å². The molecule has 160 valence electrons. The molecule has 0 bridgehead atoms. The Morgan fingerprint density at radius 3 is 2.77 bits per heavy atom. The number of carbonyl (C=O) groups is 1. The SMILES string of the molecule is Cc1cc(C#N)cnc1C(=O)Nc1cc(F)c(F)c([C@@]2(CF)N=C(N)S[C@H]3[C@@H](C)[C@H]32)c1. The smallest absolute Gasteiger partial charge is 0.274 e. The van der Waals surface area contributed by atoms with E-state index in [9.17, 15) is 18.0 Å². The summed E-state index contributed by atoms with van der Waals surface area (Å²) in [6.45, 7) is 2.44. The molecule has 1 aromatic carbocycles. The highest BCUT2D eigenvalue weighted by Crippen LogP contribution is 2.62. The van der Waals surface area contributed by atoms with Crippen LogP contribution in [0.1, 0.15) is 34.1 Å². The van der Waals surface area contributed by atoms with E-state index in [-0.39, 0.29) is 44.8 Å². The second-order valence-corrected chi connectivity index (χ2v) is 8.95. The molecule has 1 aliphatic carbocycles. The van der Waals surface area contributed by atoms with Gasteiger partial charge in [0.25, 0.3) is 5.91 Å². The van der Waals surface area contributed by atoms with Crippen molar-refractivity contribution in [1.82, 2.24) is 4.98 Å². The zero-order valence-corrected chi connectivity index (χ0v) is 17.4. The fourth-order valence-corrected chi connectivity index (χ4v) is 5.63. The number of aliphatic imine (C=N–C) groups is 1. The number of aromatic nitrogens is 1. The van der Waals surface area contributed by atoms with E-state index in [4.69, 9.17) is 11.0 Å². The lowest BCUT2D eigenvalue weighted by Gasteiger charge is -2.32. The quantitative estimate of drug-likeness (QED) is 0.748. The molecule has 1 saturated carbocycles. The molecule has 31 heavy (non-hydrogen) atoms. The van der Waals surface area contributed by atoms with Crippen LogP contribution in [0.4, 0.5) is 18.9 Å². The molecular formula is C21H18F3N5OS. The Hall–Kier alpha value is -3.06. The van der Waals surface area contributed by atoms with Gasteiger partial charge in [0.2, 0.25) is 0 Å². The van der Waals surface area contributed by atoms with Crippen molar-refractivity contribution in [2.45, 2.75) is 24.6 Å². The number of nitrogens with one attached hydrogen (secondary N) is 1. The van der Waals surface area contributed by atoms with Gasteiger partial charge in [-0.25, -0.2) is 23.1 Å².